The van der Waals surface area contributed by atoms with Crippen LogP contribution in [0.25, 0.3) is 0 Å². The van der Waals surface area contributed by atoms with E-state index in [1.165, 1.54) is 12.8 Å². The van der Waals surface area contributed by atoms with Crippen LogP contribution in [0.15, 0.2) is 6.20 Å². The second-order valence-corrected chi connectivity index (χ2v) is 6.68. The van der Waals surface area contributed by atoms with Crippen molar-refractivity contribution in [2.75, 3.05) is 39.8 Å². The first-order valence-electron chi connectivity index (χ1n) is 8.81. The fourth-order valence-electron chi connectivity index (χ4n) is 3.74. The summed E-state index contributed by atoms with van der Waals surface area (Å²) in [7, 11) is 1.87. The summed E-state index contributed by atoms with van der Waals surface area (Å²) < 4.78 is 1.87. The molecule has 0 aromatic carbocycles. The van der Waals surface area contributed by atoms with Crippen LogP contribution in [0.5, 0.6) is 0 Å². The number of hydrogen-bond donors (Lipinski definition) is 1. The second kappa shape index (κ2) is 10.3. The molecule has 0 aliphatic carbocycles. The molecule has 3 rings (SSSR count). The van der Waals surface area contributed by atoms with Crippen molar-refractivity contribution in [3.8, 4) is 0 Å². The molecule has 1 amide bonds. The number of nitrogens with one attached hydrogen (secondary N) is 1. The standard InChI is InChI=1S/C16H28N6O.2ClH/c1-3-21-10-4-5-14(21)11-20(2)16(23)15-12-22(19-18-15)13-6-8-17-9-7-13;;/h12-14,17H,3-11H2,1-2H3;2*1H. The van der Waals surface area contributed by atoms with Gasteiger partial charge >= 0.3 is 0 Å². The molecule has 7 nitrogen and oxygen atoms in total. The molecular formula is C16H30Cl2N6O. The first-order valence-corrected chi connectivity index (χ1v) is 8.81. The molecule has 2 aliphatic rings. The lowest BCUT2D eigenvalue weighted by molar-refractivity contribution is 0.0748. The van der Waals surface area contributed by atoms with Crippen molar-refractivity contribution in [3.05, 3.63) is 11.9 Å². The van der Waals surface area contributed by atoms with E-state index in [2.05, 4.69) is 27.5 Å². The van der Waals surface area contributed by atoms with Crippen LogP contribution in [0.3, 0.4) is 0 Å². The molecule has 25 heavy (non-hydrogen) atoms. The van der Waals surface area contributed by atoms with E-state index in [-0.39, 0.29) is 30.7 Å². The molecule has 0 saturated carbocycles. The van der Waals surface area contributed by atoms with Gasteiger partial charge < -0.3 is 10.2 Å². The fourth-order valence-corrected chi connectivity index (χ4v) is 3.74. The van der Waals surface area contributed by atoms with Gasteiger partial charge in [-0.1, -0.05) is 12.1 Å². The average molecular weight is 393 g/mol. The van der Waals surface area contributed by atoms with Gasteiger partial charge in [-0.2, -0.15) is 0 Å². The van der Waals surface area contributed by atoms with Crippen molar-refractivity contribution in [2.24, 2.45) is 0 Å². The van der Waals surface area contributed by atoms with E-state index in [0.717, 1.165) is 45.6 Å². The molecule has 1 unspecified atom stereocenters. The van der Waals surface area contributed by atoms with Gasteiger partial charge in [0.2, 0.25) is 0 Å². The normalized spacial score (nSPS) is 21.4. The van der Waals surface area contributed by atoms with E-state index >= 15 is 0 Å². The summed E-state index contributed by atoms with van der Waals surface area (Å²) in [6.07, 6.45) is 6.31. The summed E-state index contributed by atoms with van der Waals surface area (Å²) in [5, 5.41) is 11.6. The molecular weight excluding hydrogens is 363 g/mol. The van der Waals surface area contributed by atoms with Crippen LogP contribution in [-0.2, 0) is 0 Å². The predicted molar refractivity (Wildman–Crippen MR) is 103 cm³/mol. The van der Waals surface area contributed by atoms with E-state index in [9.17, 15) is 4.79 Å². The predicted octanol–water partition coefficient (Wildman–Crippen LogP) is 1.60. The minimum absolute atomic E-state index is 0. The van der Waals surface area contributed by atoms with Crippen LogP contribution in [0.4, 0.5) is 0 Å². The van der Waals surface area contributed by atoms with Crippen LogP contribution >= 0.6 is 24.8 Å². The summed E-state index contributed by atoms with van der Waals surface area (Å²) in [5.41, 5.74) is 0.465. The van der Waals surface area contributed by atoms with Crippen molar-refractivity contribution >= 4 is 30.7 Å². The monoisotopic (exact) mass is 392 g/mol. The van der Waals surface area contributed by atoms with E-state index in [1.807, 2.05) is 17.9 Å². The number of halogens is 2. The van der Waals surface area contributed by atoms with Gasteiger partial charge in [0.1, 0.15) is 0 Å². The molecule has 2 aliphatic heterocycles. The van der Waals surface area contributed by atoms with Crippen molar-refractivity contribution in [3.63, 3.8) is 0 Å². The zero-order valence-corrected chi connectivity index (χ0v) is 16.7. The molecule has 2 fully saturated rings. The van der Waals surface area contributed by atoms with Crippen LogP contribution in [0.2, 0.25) is 0 Å². The Kier molecular flexibility index (Phi) is 9.13. The van der Waals surface area contributed by atoms with Crippen molar-refractivity contribution in [1.29, 1.82) is 0 Å². The Balaban J connectivity index is 0.00000156. The van der Waals surface area contributed by atoms with E-state index in [4.69, 9.17) is 0 Å². The third-order valence-corrected chi connectivity index (χ3v) is 5.15. The first kappa shape index (κ1) is 22.2. The molecule has 1 aromatic rings. The number of rotatable bonds is 5. The van der Waals surface area contributed by atoms with E-state index < -0.39 is 0 Å². The first-order chi connectivity index (χ1) is 11.2. The number of likely N-dealkylation sites (N-methyl/N-ethyl adjacent to an activating group) is 2. The Morgan fingerprint density at radius 3 is 2.72 bits per heavy atom. The molecule has 0 spiro atoms. The maximum atomic E-state index is 12.6. The number of likely N-dealkylation sites (tertiary alicyclic amines) is 1. The molecule has 0 bridgehead atoms. The third-order valence-electron chi connectivity index (χ3n) is 5.15. The zero-order chi connectivity index (χ0) is 16.2. The molecule has 3 heterocycles. The van der Waals surface area contributed by atoms with Crippen molar-refractivity contribution < 1.29 is 4.79 Å². The van der Waals surface area contributed by atoms with Crippen LogP contribution < -0.4 is 5.32 Å². The Morgan fingerprint density at radius 2 is 2.04 bits per heavy atom. The molecule has 9 heteroatoms. The Hall–Kier alpha value is -0.890. The van der Waals surface area contributed by atoms with Gasteiger partial charge in [-0.15, -0.1) is 29.9 Å². The fraction of sp³-hybridized carbons (Fsp3) is 0.812. The zero-order valence-electron chi connectivity index (χ0n) is 15.1. The highest BCUT2D eigenvalue weighted by Crippen LogP contribution is 2.19. The number of amides is 1. The topological polar surface area (TPSA) is 66.3 Å². The highest BCUT2D eigenvalue weighted by molar-refractivity contribution is 5.91. The maximum Gasteiger partial charge on any atom is 0.275 e. The van der Waals surface area contributed by atoms with Crippen LogP contribution in [0.1, 0.15) is 49.1 Å². The summed E-state index contributed by atoms with van der Waals surface area (Å²) in [5.74, 6) is -0.0202. The number of carbonyl (C=O) groups excluding carboxylic acids is 1. The Morgan fingerprint density at radius 1 is 1.32 bits per heavy atom. The smallest absolute Gasteiger partial charge is 0.275 e. The molecule has 1 atom stereocenters. The summed E-state index contributed by atoms with van der Waals surface area (Å²) in [6.45, 7) is 7.16. The number of piperidine rings is 1. The molecule has 1 N–H and O–H groups in total. The summed E-state index contributed by atoms with van der Waals surface area (Å²) in [6, 6.07) is 0.842. The highest BCUT2D eigenvalue weighted by atomic mass is 35.5. The van der Waals surface area contributed by atoms with Gasteiger partial charge in [0.05, 0.1) is 12.2 Å². The van der Waals surface area contributed by atoms with Gasteiger partial charge in [0.15, 0.2) is 5.69 Å². The number of carbonyl (C=O) groups is 1. The Bertz CT molecular complexity index is 534. The average Bonchev–Trinajstić information content (AvgIpc) is 3.24. The molecule has 1 aromatic heterocycles. The minimum Gasteiger partial charge on any atom is -0.339 e. The summed E-state index contributed by atoms with van der Waals surface area (Å²) >= 11 is 0. The number of hydrogen-bond acceptors (Lipinski definition) is 5. The highest BCUT2D eigenvalue weighted by Gasteiger charge is 2.27. The quantitative estimate of drug-likeness (QED) is 0.823. The molecule has 144 valence electrons. The second-order valence-electron chi connectivity index (χ2n) is 6.68. The van der Waals surface area contributed by atoms with E-state index in [1.54, 1.807) is 4.90 Å². The maximum absolute atomic E-state index is 12.6. The van der Waals surface area contributed by atoms with Crippen molar-refractivity contribution in [1.82, 2.24) is 30.1 Å². The van der Waals surface area contributed by atoms with Gasteiger partial charge in [-0.25, -0.2) is 4.68 Å². The van der Waals surface area contributed by atoms with Gasteiger partial charge in [0, 0.05) is 19.6 Å². The van der Waals surface area contributed by atoms with Crippen LogP contribution in [-0.4, -0.2) is 76.5 Å². The van der Waals surface area contributed by atoms with Gasteiger partial charge in [-0.05, 0) is 51.9 Å². The molecule has 0 radical (unpaired) electrons. The SMILES string of the molecule is CCN1CCCC1CN(C)C(=O)c1cn(C2CCNCC2)nn1.Cl.Cl. The lowest BCUT2D eigenvalue weighted by Crippen LogP contribution is -2.41. The Labute approximate surface area is 162 Å². The van der Waals surface area contributed by atoms with Gasteiger partial charge in [0.25, 0.3) is 5.91 Å². The lowest BCUT2D eigenvalue weighted by Gasteiger charge is -2.27. The van der Waals surface area contributed by atoms with Crippen LogP contribution in [0, 0.1) is 0 Å². The van der Waals surface area contributed by atoms with Crippen molar-refractivity contribution in [2.45, 2.75) is 44.7 Å². The third kappa shape index (κ3) is 5.29. The van der Waals surface area contributed by atoms with E-state index in [0.29, 0.717) is 17.8 Å². The molecule has 2 saturated heterocycles. The summed E-state index contributed by atoms with van der Waals surface area (Å²) in [4.78, 5) is 16.9. The number of aromatic nitrogens is 3. The number of nitrogens with zero attached hydrogens (tertiary/aromatic N) is 5. The largest absolute Gasteiger partial charge is 0.339 e. The minimum atomic E-state index is -0.0202. The van der Waals surface area contributed by atoms with Gasteiger partial charge in [-0.3, -0.25) is 9.69 Å². The lowest BCUT2D eigenvalue weighted by atomic mass is 10.1.